The first kappa shape index (κ1) is 36.4. The molecule has 0 aliphatic heterocycles. The van der Waals surface area contributed by atoms with Gasteiger partial charge in [0.25, 0.3) is 0 Å². The first-order valence-electron chi connectivity index (χ1n) is 16.6. The van der Waals surface area contributed by atoms with Crippen LogP contribution in [-0.2, 0) is 6.54 Å². The molecule has 0 N–H and O–H groups in total. The van der Waals surface area contributed by atoms with Crippen molar-refractivity contribution in [3.8, 4) is 0 Å². The van der Waals surface area contributed by atoms with Crippen molar-refractivity contribution in [3.05, 3.63) is 59.9 Å². The fraction of sp³-hybridized carbons (Fsp3) is 0.649. The second kappa shape index (κ2) is 25.1. The Morgan fingerprint density at radius 2 is 0.850 bits per heavy atom. The van der Waals surface area contributed by atoms with Gasteiger partial charge in [-0.1, -0.05) is 147 Å². The van der Waals surface area contributed by atoms with E-state index in [4.69, 9.17) is 0 Å². The molecule has 2 rings (SSSR count). The minimum absolute atomic E-state index is 0. The molecule has 2 aromatic rings. The Morgan fingerprint density at radius 3 is 1.23 bits per heavy atom. The summed E-state index contributed by atoms with van der Waals surface area (Å²) in [5.74, 6) is 0. The van der Waals surface area contributed by atoms with Crippen molar-refractivity contribution < 1.29 is 4.57 Å². The monoisotopic (exact) mass is 613 g/mol. The van der Waals surface area contributed by atoms with E-state index in [1.165, 1.54) is 145 Å². The van der Waals surface area contributed by atoms with Crippen molar-refractivity contribution in [2.75, 3.05) is 19.0 Å². The van der Waals surface area contributed by atoms with E-state index in [1.54, 1.807) is 0 Å². The normalized spacial score (nSPS) is 11.2. The van der Waals surface area contributed by atoms with Gasteiger partial charge >= 0.3 is 0 Å². The zero-order valence-electron chi connectivity index (χ0n) is 26.4. The average molecular weight is 615 g/mol. The Labute approximate surface area is 259 Å². The maximum Gasteiger partial charge on any atom is 0.169 e. The molecule has 226 valence electrons. The largest absolute Gasteiger partial charge is 0.378 e. The van der Waals surface area contributed by atoms with Crippen molar-refractivity contribution in [1.29, 1.82) is 0 Å². The number of nitrogens with zero attached hydrogens (tertiary/aromatic N) is 2. The molecule has 1 heterocycles. The molecule has 40 heavy (non-hydrogen) atoms. The van der Waals surface area contributed by atoms with Crippen LogP contribution in [0.25, 0.3) is 12.2 Å². The highest BCUT2D eigenvalue weighted by Crippen LogP contribution is 2.16. The molecule has 0 saturated heterocycles. The lowest BCUT2D eigenvalue weighted by atomic mass is 10.0. The Balaban J connectivity index is 0.00000800. The highest BCUT2D eigenvalue weighted by atomic mass is 79.9. The number of halogens is 1. The van der Waals surface area contributed by atoms with Gasteiger partial charge in [0, 0.05) is 38.3 Å². The maximum atomic E-state index is 2.33. The molecule has 0 spiro atoms. The topological polar surface area (TPSA) is 7.12 Å². The predicted molar refractivity (Wildman–Crippen MR) is 185 cm³/mol. The lowest BCUT2D eigenvalue weighted by Gasteiger charge is -2.11. The average Bonchev–Trinajstić information content (AvgIpc) is 2.96. The van der Waals surface area contributed by atoms with Crippen LogP contribution in [0.1, 0.15) is 146 Å². The van der Waals surface area contributed by atoms with Crippen LogP contribution in [0, 0.1) is 0 Å². The first-order chi connectivity index (χ1) is 19.2. The molecular weight excluding hydrogens is 552 g/mol. The van der Waals surface area contributed by atoms with Crippen LogP contribution in [0.5, 0.6) is 0 Å². The molecule has 0 atom stereocenters. The van der Waals surface area contributed by atoms with E-state index in [0.717, 1.165) is 6.54 Å². The third-order valence-corrected chi connectivity index (χ3v) is 8.06. The predicted octanol–water partition coefficient (Wildman–Crippen LogP) is 11.6. The van der Waals surface area contributed by atoms with E-state index in [0.29, 0.717) is 0 Å². The molecule has 3 heteroatoms. The minimum Gasteiger partial charge on any atom is -0.378 e. The number of anilines is 1. The molecule has 0 saturated carbocycles. The number of hydrogen-bond donors (Lipinski definition) is 0. The molecule has 1 aromatic heterocycles. The number of rotatable bonds is 24. The number of benzene rings is 1. The Hall–Kier alpha value is -1.61. The van der Waals surface area contributed by atoms with Crippen LogP contribution >= 0.6 is 17.0 Å². The number of pyridine rings is 1. The van der Waals surface area contributed by atoms with Gasteiger partial charge in [-0.25, -0.2) is 4.57 Å². The molecule has 0 amide bonds. The number of aryl methyl sites for hydroxylation is 1. The highest BCUT2D eigenvalue weighted by Gasteiger charge is 2.01. The molecular formula is C37H62BrN2+. The summed E-state index contributed by atoms with van der Waals surface area (Å²) in [5.41, 5.74) is 3.73. The van der Waals surface area contributed by atoms with Crippen molar-refractivity contribution in [2.45, 2.75) is 142 Å². The summed E-state index contributed by atoms with van der Waals surface area (Å²) in [7, 11) is 4.15. The molecule has 0 fully saturated rings. The SMILES string of the molecule is Br.CCCCCCCCCCCCCCCCCCCCCC[n+]1ccc(/C=C/c2ccc(N(C)C)cc2)cc1. The Morgan fingerprint density at radius 1 is 0.500 bits per heavy atom. The van der Waals surface area contributed by atoms with Gasteiger partial charge in [0.2, 0.25) is 0 Å². The molecule has 1 aromatic carbocycles. The third-order valence-electron chi connectivity index (χ3n) is 8.06. The molecule has 0 unspecified atom stereocenters. The number of aromatic nitrogens is 1. The van der Waals surface area contributed by atoms with Crippen LogP contribution in [0.2, 0.25) is 0 Å². The smallest absolute Gasteiger partial charge is 0.169 e. The molecule has 2 nitrogen and oxygen atoms in total. The zero-order chi connectivity index (χ0) is 27.8. The summed E-state index contributed by atoms with van der Waals surface area (Å²) >= 11 is 0. The van der Waals surface area contributed by atoms with Crippen LogP contribution in [0.15, 0.2) is 48.8 Å². The second-order valence-electron chi connectivity index (χ2n) is 11.9. The lowest BCUT2D eigenvalue weighted by molar-refractivity contribution is -0.697. The van der Waals surface area contributed by atoms with Crippen molar-refractivity contribution >= 4 is 34.8 Å². The van der Waals surface area contributed by atoms with Crippen LogP contribution < -0.4 is 9.47 Å². The minimum atomic E-state index is 0. The highest BCUT2D eigenvalue weighted by molar-refractivity contribution is 8.93. The molecule has 0 aliphatic rings. The summed E-state index contributed by atoms with van der Waals surface area (Å²) in [4.78, 5) is 2.13. The number of hydrogen-bond acceptors (Lipinski definition) is 1. The maximum absolute atomic E-state index is 2.33. The van der Waals surface area contributed by atoms with Gasteiger partial charge in [-0.3, -0.25) is 0 Å². The fourth-order valence-electron chi connectivity index (χ4n) is 5.35. The van der Waals surface area contributed by atoms with Gasteiger partial charge in [0.15, 0.2) is 12.4 Å². The lowest BCUT2D eigenvalue weighted by Crippen LogP contribution is -2.32. The summed E-state index contributed by atoms with van der Waals surface area (Å²) in [6.45, 7) is 3.44. The summed E-state index contributed by atoms with van der Waals surface area (Å²) in [6.07, 6.45) is 37.6. The van der Waals surface area contributed by atoms with Crippen molar-refractivity contribution in [3.63, 3.8) is 0 Å². The molecule has 0 bridgehead atoms. The van der Waals surface area contributed by atoms with Gasteiger partial charge in [-0.2, -0.15) is 0 Å². The van der Waals surface area contributed by atoms with Gasteiger partial charge < -0.3 is 4.90 Å². The molecule has 0 radical (unpaired) electrons. The Kier molecular flexibility index (Phi) is 22.9. The standard InChI is InChI=1S/C37H61N2.BrH/c1-4-5-6-7-8-9-10-11-12-13-14-15-16-17-18-19-20-21-22-23-32-39-33-30-36(31-34-39)25-24-35-26-28-37(29-27-35)38(2)3;/h24-31,33-34H,4-23,32H2,1-3H3;1H/q+1;. The molecule has 0 aliphatic carbocycles. The fourth-order valence-corrected chi connectivity index (χ4v) is 5.35. The third kappa shape index (κ3) is 18.7. The van der Waals surface area contributed by atoms with Crippen LogP contribution in [0.3, 0.4) is 0 Å². The van der Waals surface area contributed by atoms with E-state index < -0.39 is 0 Å². The van der Waals surface area contributed by atoms with Crippen LogP contribution in [-0.4, -0.2) is 14.1 Å². The van der Waals surface area contributed by atoms with Crippen LogP contribution in [0.4, 0.5) is 5.69 Å². The quantitative estimate of drug-likeness (QED) is 0.0843. The Bertz CT molecular complexity index is 841. The van der Waals surface area contributed by atoms with E-state index in [1.807, 2.05) is 0 Å². The van der Waals surface area contributed by atoms with E-state index in [9.17, 15) is 0 Å². The van der Waals surface area contributed by atoms with E-state index >= 15 is 0 Å². The van der Waals surface area contributed by atoms with Gasteiger partial charge in [-0.15, -0.1) is 17.0 Å². The zero-order valence-corrected chi connectivity index (χ0v) is 28.1. The summed E-state index contributed by atoms with van der Waals surface area (Å²) in [5, 5.41) is 0. The van der Waals surface area contributed by atoms with E-state index in [2.05, 4.69) is 91.4 Å². The van der Waals surface area contributed by atoms with Gasteiger partial charge in [0.05, 0.1) is 0 Å². The first-order valence-corrected chi connectivity index (χ1v) is 16.6. The summed E-state index contributed by atoms with van der Waals surface area (Å²) < 4.78 is 2.33. The van der Waals surface area contributed by atoms with Crippen molar-refractivity contribution in [2.24, 2.45) is 0 Å². The van der Waals surface area contributed by atoms with E-state index in [-0.39, 0.29) is 17.0 Å². The summed E-state index contributed by atoms with van der Waals surface area (Å²) in [6, 6.07) is 13.1. The van der Waals surface area contributed by atoms with Crippen molar-refractivity contribution in [1.82, 2.24) is 0 Å². The van der Waals surface area contributed by atoms with Gasteiger partial charge in [0.1, 0.15) is 6.54 Å². The van der Waals surface area contributed by atoms with Gasteiger partial charge in [-0.05, 0) is 29.7 Å². The second-order valence-corrected chi connectivity index (χ2v) is 11.9. The number of unbranched alkanes of at least 4 members (excludes halogenated alkanes) is 19.